The summed E-state index contributed by atoms with van der Waals surface area (Å²) < 4.78 is 0. The van der Waals surface area contributed by atoms with E-state index in [1.54, 1.807) is 6.92 Å². The number of hydrogen-bond donors (Lipinski definition) is 3. The standard InChI is InChI=1S/C15H15N3O.2C2H6.CH5N/c1-10(19)5-6-11-7-16-15-13(11)3-2-4-14(15)12-8-17-18-9-12;3*1-2/h2-4,7-9,16H,5-6H2,1H3,(H,17,18);2*1-2H3;2H2,1H3. The third kappa shape index (κ3) is 6.19. The molecule has 0 saturated heterocycles. The van der Waals surface area contributed by atoms with Gasteiger partial charge in [0.2, 0.25) is 0 Å². The third-order valence-corrected chi connectivity index (χ3v) is 3.36. The van der Waals surface area contributed by atoms with Crippen LogP contribution in [0.5, 0.6) is 0 Å². The number of H-pyrrole nitrogens is 2. The number of carbonyl (C=O) groups excluding carboxylic acids is 1. The van der Waals surface area contributed by atoms with Crippen molar-refractivity contribution < 1.29 is 4.79 Å². The number of rotatable bonds is 4. The summed E-state index contributed by atoms with van der Waals surface area (Å²) in [4.78, 5) is 14.4. The van der Waals surface area contributed by atoms with E-state index in [-0.39, 0.29) is 5.78 Å². The monoisotopic (exact) mass is 344 g/mol. The number of benzene rings is 1. The highest BCUT2D eigenvalue weighted by Crippen LogP contribution is 2.29. The zero-order valence-electron chi connectivity index (χ0n) is 16.3. The Morgan fingerprint density at radius 1 is 1.12 bits per heavy atom. The van der Waals surface area contributed by atoms with Crippen molar-refractivity contribution in [2.45, 2.75) is 47.5 Å². The predicted molar refractivity (Wildman–Crippen MR) is 108 cm³/mol. The van der Waals surface area contributed by atoms with E-state index < -0.39 is 0 Å². The molecule has 3 rings (SSSR count). The zero-order valence-corrected chi connectivity index (χ0v) is 16.3. The van der Waals surface area contributed by atoms with Crippen molar-refractivity contribution in [2.24, 2.45) is 5.73 Å². The van der Waals surface area contributed by atoms with Gasteiger partial charge in [0, 0.05) is 35.3 Å². The number of aromatic nitrogens is 3. The van der Waals surface area contributed by atoms with Crippen molar-refractivity contribution in [3.8, 4) is 11.1 Å². The summed E-state index contributed by atoms with van der Waals surface area (Å²) in [7, 11) is 1.50. The van der Waals surface area contributed by atoms with E-state index in [2.05, 4.69) is 33.0 Å². The van der Waals surface area contributed by atoms with Crippen molar-refractivity contribution in [3.63, 3.8) is 0 Å². The topological polar surface area (TPSA) is 87.6 Å². The average molecular weight is 345 g/mol. The van der Waals surface area contributed by atoms with E-state index in [0.717, 1.165) is 23.1 Å². The number of fused-ring (bicyclic) bond motifs is 1. The Hall–Kier alpha value is -2.40. The SMILES string of the molecule is CC.CC.CC(=O)CCc1c[nH]c2c(-c3cn[nH]c3)cccc12.CN. The Bertz CT molecular complexity index is 714. The molecule has 0 unspecified atom stereocenters. The van der Waals surface area contributed by atoms with Crippen LogP contribution < -0.4 is 5.73 Å². The number of aryl methyl sites for hydroxylation is 1. The maximum Gasteiger partial charge on any atom is 0.130 e. The van der Waals surface area contributed by atoms with E-state index in [0.29, 0.717) is 6.42 Å². The van der Waals surface area contributed by atoms with Crippen molar-refractivity contribution in [2.75, 3.05) is 7.05 Å². The molecule has 0 spiro atoms. The molecule has 0 aliphatic carbocycles. The van der Waals surface area contributed by atoms with E-state index >= 15 is 0 Å². The fourth-order valence-electron chi connectivity index (χ4n) is 2.37. The molecular formula is C20H32N4O. The second kappa shape index (κ2) is 13.0. The molecule has 2 heterocycles. The van der Waals surface area contributed by atoms with Crippen LogP contribution in [0.4, 0.5) is 0 Å². The highest BCUT2D eigenvalue weighted by Gasteiger charge is 2.09. The van der Waals surface area contributed by atoms with Crippen LogP contribution in [0.2, 0.25) is 0 Å². The number of ketones is 1. The van der Waals surface area contributed by atoms with Gasteiger partial charge in [0.15, 0.2) is 0 Å². The van der Waals surface area contributed by atoms with Crippen molar-refractivity contribution >= 4 is 16.7 Å². The maximum atomic E-state index is 11.1. The fourth-order valence-corrected chi connectivity index (χ4v) is 2.37. The molecule has 0 fully saturated rings. The molecule has 138 valence electrons. The molecule has 0 bridgehead atoms. The van der Waals surface area contributed by atoms with Crippen LogP contribution in [-0.4, -0.2) is 28.0 Å². The van der Waals surface area contributed by atoms with Crippen LogP contribution in [-0.2, 0) is 11.2 Å². The van der Waals surface area contributed by atoms with Crippen molar-refractivity contribution in [3.05, 3.63) is 42.4 Å². The first-order valence-corrected chi connectivity index (χ1v) is 8.91. The minimum Gasteiger partial charge on any atom is -0.360 e. The third-order valence-electron chi connectivity index (χ3n) is 3.36. The number of hydrogen-bond acceptors (Lipinski definition) is 3. The normalized spacial score (nSPS) is 9.08. The predicted octanol–water partition coefficient (Wildman–Crippen LogP) is 4.71. The molecular weight excluding hydrogens is 312 g/mol. The van der Waals surface area contributed by atoms with Gasteiger partial charge >= 0.3 is 0 Å². The van der Waals surface area contributed by atoms with Crippen LogP contribution in [0.1, 0.15) is 46.6 Å². The van der Waals surface area contributed by atoms with Gasteiger partial charge in [-0.25, -0.2) is 0 Å². The number of nitrogens with two attached hydrogens (primary N) is 1. The maximum absolute atomic E-state index is 11.1. The van der Waals surface area contributed by atoms with Crippen LogP contribution in [0, 0.1) is 0 Å². The molecule has 4 N–H and O–H groups in total. The molecule has 0 saturated carbocycles. The van der Waals surface area contributed by atoms with Crippen LogP contribution in [0.3, 0.4) is 0 Å². The first-order valence-electron chi connectivity index (χ1n) is 8.91. The fraction of sp³-hybridized carbons (Fsp3) is 0.400. The number of nitrogens with one attached hydrogen (secondary N) is 2. The van der Waals surface area contributed by atoms with Gasteiger partial charge in [0.25, 0.3) is 0 Å². The van der Waals surface area contributed by atoms with Crippen LogP contribution in [0.25, 0.3) is 22.0 Å². The summed E-state index contributed by atoms with van der Waals surface area (Å²) in [5.41, 5.74) is 8.98. The van der Waals surface area contributed by atoms with Crippen LogP contribution in [0.15, 0.2) is 36.8 Å². The van der Waals surface area contributed by atoms with Gasteiger partial charge in [-0.2, -0.15) is 5.10 Å². The smallest absolute Gasteiger partial charge is 0.130 e. The first-order chi connectivity index (χ1) is 12.3. The molecule has 0 aliphatic rings. The summed E-state index contributed by atoms with van der Waals surface area (Å²) >= 11 is 0. The van der Waals surface area contributed by atoms with E-state index in [1.807, 2.05) is 52.4 Å². The van der Waals surface area contributed by atoms with E-state index in [9.17, 15) is 4.79 Å². The number of Topliss-reactive ketones (excluding diaryl/α,β-unsaturated/α-hetero) is 1. The van der Waals surface area contributed by atoms with Gasteiger partial charge in [0.1, 0.15) is 5.78 Å². The summed E-state index contributed by atoms with van der Waals surface area (Å²) in [6.07, 6.45) is 7.06. The number of aromatic amines is 2. The van der Waals surface area contributed by atoms with Crippen LogP contribution >= 0.6 is 0 Å². The Labute approximate surface area is 151 Å². The summed E-state index contributed by atoms with van der Waals surface area (Å²) in [6, 6.07) is 6.19. The second-order valence-corrected chi connectivity index (χ2v) is 4.73. The molecule has 5 heteroatoms. The second-order valence-electron chi connectivity index (χ2n) is 4.73. The Balaban J connectivity index is 0.000000871. The Morgan fingerprint density at radius 2 is 1.80 bits per heavy atom. The summed E-state index contributed by atoms with van der Waals surface area (Å²) in [5, 5.41) is 8.00. The van der Waals surface area contributed by atoms with Crippen molar-refractivity contribution in [1.29, 1.82) is 0 Å². The number of para-hydroxylation sites is 1. The van der Waals surface area contributed by atoms with E-state index in [4.69, 9.17) is 0 Å². The lowest BCUT2D eigenvalue weighted by atomic mass is 10.0. The highest BCUT2D eigenvalue weighted by molar-refractivity contribution is 5.96. The van der Waals surface area contributed by atoms with E-state index in [1.165, 1.54) is 18.0 Å². The Morgan fingerprint density at radius 3 is 2.36 bits per heavy atom. The summed E-state index contributed by atoms with van der Waals surface area (Å²) in [5.74, 6) is 0.223. The molecule has 3 aromatic rings. The quantitative estimate of drug-likeness (QED) is 0.640. The highest BCUT2D eigenvalue weighted by atomic mass is 16.1. The summed E-state index contributed by atoms with van der Waals surface area (Å²) in [6.45, 7) is 9.63. The minimum atomic E-state index is 0.223. The molecule has 5 nitrogen and oxygen atoms in total. The minimum absolute atomic E-state index is 0.223. The molecule has 0 atom stereocenters. The molecule has 25 heavy (non-hydrogen) atoms. The molecule has 0 radical (unpaired) electrons. The number of carbonyl (C=O) groups is 1. The van der Waals surface area contributed by atoms with Gasteiger partial charge in [-0.15, -0.1) is 0 Å². The molecule has 0 aliphatic heterocycles. The average Bonchev–Trinajstić information content (AvgIpc) is 3.35. The first kappa shape index (κ1) is 22.6. The lowest BCUT2D eigenvalue weighted by molar-refractivity contribution is -0.116. The molecule has 1 aromatic carbocycles. The van der Waals surface area contributed by atoms with Gasteiger partial charge in [-0.05, 0) is 26.0 Å². The largest absolute Gasteiger partial charge is 0.360 e. The van der Waals surface area contributed by atoms with Gasteiger partial charge in [-0.1, -0.05) is 45.9 Å². The van der Waals surface area contributed by atoms with Gasteiger partial charge in [-0.3, -0.25) is 5.10 Å². The lowest BCUT2D eigenvalue weighted by Crippen LogP contribution is -1.92. The number of nitrogens with zero attached hydrogens (tertiary/aromatic N) is 1. The molecule has 2 aromatic heterocycles. The van der Waals surface area contributed by atoms with Gasteiger partial charge in [0.05, 0.1) is 11.7 Å². The van der Waals surface area contributed by atoms with Gasteiger partial charge < -0.3 is 15.5 Å². The molecule has 0 amide bonds. The zero-order chi connectivity index (χ0) is 19.2. The van der Waals surface area contributed by atoms with Crippen molar-refractivity contribution in [1.82, 2.24) is 15.2 Å². The Kier molecular flexibility index (Phi) is 11.7. The lowest BCUT2D eigenvalue weighted by Gasteiger charge is -2.01.